The van der Waals surface area contributed by atoms with Crippen LogP contribution in [0.2, 0.25) is 0 Å². The summed E-state index contributed by atoms with van der Waals surface area (Å²) in [7, 11) is 0. The summed E-state index contributed by atoms with van der Waals surface area (Å²) in [4.78, 5) is 4.73. The van der Waals surface area contributed by atoms with Gasteiger partial charge in [-0.25, -0.2) is 0 Å². The molecule has 1 fully saturated rings. The molecule has 2 atom stereocenters. The predicted molar refractivity (Wildman–Crippen MR) is 93.7 cm³/mol. The van der Waals surface area contributed by atoms with Crippen LogP contribution < -0.4 is 10.6 Å². The van der Waals surface area contributed by atoms with Crippen molar-refractivity contribution in [2.24, 2.45) is 10.9 Å². The molecule has 2 unspecified atom stereocenters. The minimum atomic E-state index is 0.266. The summed E-state index contributed by atoms with van der Waals surface area (Å²) in [5.74, 6) is 2.41. The van der Waals surface area contributed by atoms with E-state index in [4.69, 9.17) is 14.1 Å². The minimum Gasteiger partial charge on any atom is -0.469 e. The average molecular weight is 321 g/mol. The van der Waals surface area contributed by atoms with E-state index in [1.165, 1.54) is 12.8 Å². The van der Waals surface area contributed by atoms with E-state index in [0.29, 0.717) is 12.0 Å². The lowest BCUT2D eigenvalue weighted by atomic mass is 10.1. The molecule has 0 saturated carbocycles. The van der Waals surface area contributed by atoms with E-state index in [1.54, 1.807) is 6.26 Å². The lowest BCUT2D eigenvalue weighted by Gasteiger charge is -2.23. The molecule has 1 aliphatic rings. The molecule has 1 aliphatic heterocycles. The Morgan fingerprint density at radius 1 is 1.35 bits per heavy atom. The molecule has 5 heteroatoms. The summed E-state index contributed by atoms with van der Waals surface area (Å²) in [6.07, 6.45) is 6.37. The third-order valence-electron chi connectivity index (χ3n) is 4.34. The van der Waals surface area contributed by atoms with E-state index < -0.39 is 0 Å². The molecule has 130 valence electrons. The average Bonchev–Trinajstić information content (AvgIpc) is 3.06. The van der Waals surface area contributed by atoms with Crippen LogP contribution in [0.5, 0.6) is 0 Å². The largest absolute Gasteiger partial charge is 0.469 e. The monoisotopic (exact) mass is 321 g/mol. The Balaban J connectivity index is 1.84. The lowest BCUT2D eigenvalue weighted by Crippen LogP contribution is -2.45. The third kappa shape index (κ3) is 6.65. The first-order valence-electron chi connectivity index (χ1n) is 8.84. The molecule has 0 spiro atoms. The van der Waals surface area contributed by atoms with Gasteiger partial charge >= 0.3 is 0 Å². The van der Waals surface area contributed by atoms with Crippen LogP contribution in [-0.4, -0.2) is 37.8 Å². The van der Waals surface area contributed by atoms with Gasteiger partial charge in [0.1, 0.15) is 5.76 Å². The van der Waals surface area contributed by atoms with Gasteiger partial charge in [-0.1, -0.05) is 13.8 Å². The van der Waals surface area contributed by atoms with Gasteiger partial charge in [-0.2, -0.15) is 0 Å². The molecule has 1 saturated heterocycles. The second-order valence-corrected chi connectivity index (χ2v) is 6.61. The molecule has 2 N–H and O–H groups in total. The highest BCUT2D eigenvalue weighted by Gasteiger charge is 2.14. The Morgan fingerprint density at radius 3 is 2.87 bits per heavy atom. The van der Waals surface area contributed by atoms with Crippen LogP contribution in [0.25, 0.3) is 0 Å². The first-order chi connectivity index (χ1) is 11.1. The fourth-order valence-electron chi connectivity index (χ4n) is 2.44. The summed E-state index contributed by atoms with van der Waals surface area (Å²) in [6, 6.07) is 4.29. The smallest absolute Gasteiger partial charge is 0.191 e. The minimum absolute atomic E-state index is 0.266. The topological polar surface area (TPSA) is 58.8 Å². The molecule has 2 heterocycles. The van der Waals surface area contributed by atoms with Gasteiger partial charge in [0, 0.05) is 25.6 Å². The molecule has 1 aromatic rings. The molecule has 0 bridgehead atoms. The molecule has 5 nitrogen and oxygen atoms in total. The quantitative estimate of drug-likeness (QED) is 0.599. The number of aliphatic imine (C=N–C) groups is 1. The van der Waals surface area contributed by atoms with Crippen LogP contribution in [0.3, 0.4) is 0 Å². The van der Waals surface area contributed by atoms with E-state index >= 15 is 0 Å². The van der Waals surface area contributed by atoms with Crippen LogP contribution >= 0.6 is 0 Å². The molecule has 1 aromatic heterocycles. The number of guanidine groups is 1. The number of hydrogen-bond acceptors (Lipinski definition) is 3. The van der Waals surface area contributed by atoms with E-state index in [0.717, 1.165) is 44.3 Å². The van der Waals surface area contributed by atoms with Gasteiger partial charge < -0.3 is 19.8 Å². The molecule has 23 heavy (non-hydrogen) atoms. The maximum atomic E-state index is 5.77. The van der Waals surface area contributed by atoms with E-state index in [2.05, 4.69) is 31.4 Å². The number of rotatable bonds is 7. The van der Waals surface area contributed by atoms with Crippen LogP contribution in [0.1, 0.15) is 45.8 Å². The fraction of sp³-hybridized carbons (Fsp3) is 0.722. The van der Waals surface area contributed by atoms with Crippen molar-refractivity contribution in [3.63, 3.8) is 0 Å². The van der Waals surface area contributed by atoms with Crippen LogP contribution in [0.4, 0.5) is 0 Å². The molecule has 0 radical (unpaired) electrons. The fourth-order valence-corrected chi connectivity index (χ4v) is 2.44. The maximum Gasteiger partial charge on any atom is 0.191 e. The van der Waals surface area contributed by atoms with E-state index in [9.17, 15) is 0 Å². The van der Waals surface area contributed by atoms with Crippen molar-refractivity contribution in [2.45, 2.75) is 58.6 Å². The van der Waals surface area contributed by atoms with Gasteiger partial charge in [0.2, 0.25) is 0 Å². The normalized spacial score (nSPS) is 20.5. The third-order valence-corrected chi connectivity index (χ3v) is 4.34. The number of nitrogens with zero attached hydrogens (tertiary/aromatic N) is 1. The number of furan rings is 1. The predicted octanol–water partition coefficient (Wildman–Crippen LogP) is 2.97. The van der Waals surface area contributed by atoms with Crippen molar-refractivity contribution in [1.29, 1.82) is 0 Å². The molecule has 2 rings (SSSR count). The first-order valence-corrected chi connectivity index (χ1v) is 8.84. The van der Waals surface area contributed by atoms with Crippen LogP contribution in [-0.2, 0) is 11.2 Å². The molecule has 0 aliphatic carbocycles. The molecule has 0 aromatic carbocycles. The summed E-state index contributed by atoms with van der Waals surface area (Å²) in [5, 5.41) is 6.90. The Hall–Kier alpha value is -1.49. The van der Waals surface area contributed by atoms with Gasteiger partial charge in [-0.15, -0.1) is 0 Å². The van der Waals surface area contributed by atoms with Crippen molar-refractivity contribution in [3.8, 4) is 0 Å². The van der Waals surface area contributed by atoms with Gasteiger partial charge in [0.25, 0.3) is 0 Å². The second kappa shape index (κ2) is 9.60. The summed E-state index contributed by atoms with van der Waals surface area (Å²) in [5.41, 5.74) is 0. The van der Waals surface area contributed by atoms with E-state index in [-0.39, 0.29) is 6.10 Å². The summed E-state index contributed by atoms with van der Waals surface area (Å²) < 4.78 is 11.1. The Kier molecular flexibility index (Phi) is 7.46. The van der Waals surface area contributed by atoms with Crippen molar-refractivity contribution >= 4 is 5.96 Å². The van der Waals surface area contributed by atoms with E-state index in [1.807, 2.05) is 12.1 Å². The van der Waals surface area contributed by atoms with Crippen LogP contribution in [0, 0.1) is 5.92 Å². The summed E-state index contributed by atoms with van der Waals surface area (Å²) >= 11 is 0. The van der Waals surface area contributed by atoms with Gasteiger partial charge in [-0.3, -0.25) is 4.99 Å². The van der Waals surface area contributed by atoms with Crippen molar-refractivity contribution < 1.29 is 9.15 Å². The zero-order valence-corrected chi connectivity index (χ0v) is 14.7. The molecule has 0 amide bonds. The van der Waals surface area contributed by atoms with Crippen molar-refractivity contribution in [1.82, 2.24) is 10.6 Å². The standard InChI is InChI=1S/C18H31N3O2/c1-14(2)15(3)21-18(19-10-9-16-8-6-12-22-16)20-13-17-7-4-5-11-23-17/h6,8,12,14-15,17H,4-5,7,9-11,13H2,1-3H3,(H2,19,20,21). The zero-order chi connectivity index (χ0) is 16.5. The Labute approximate surface area is 139 Å². The number of nitrogens with one attached hydrogen (secondary N) is 2. The van der Waals surface area contributed by atoms with Gasteiger partial charge in [-0.05, 0) is 44.2 Å². The van der Waals surface area contributed by atoms with Gasteiger partial charge in [0.15, 0.2) is 5.96 Å². The first kappa shape index (κ1) is 17.9. The highest BCUT2D eigenvalue weighted by Crippen LogP contribution is 2.12. The highest BCUT2D eigenvalue weighted by atomic mass is 16.5. The summed E-state index contributed by atoms with van der Waals surface area (Å²) in [6.45, 7) is 9.00. The van der Waals surface area contributed by atoms with Crippen molar-refractivity contribution in [2.75, 3.05) is 19.7 Å². The van der Waals surface area contributed by atoms with Gasteiger partial charge in [0.05, 0.1) is 18.9 Å². The lowest BCUT2D eigenvalue weighted by molar-refractivity contribution is 0.0224. The van der Waals surface area contributed by atoms with Crippen LogP contribution in [0.15, 0.2) is 27.8 Å². The highest BCUT2D eigenvalue weighted by molar-refractivity contribution is 5.80. The Morgan fingerprint density at radius 2 is 2.22 bits per heavy atom. The molecular formula is C18H31N3O2. The van der Waals surface area contributed by atoms with Crippen molar-refractivity contribution in [3.05, 3.63) is 24.2 Å². The number of ether oxygens (including phenoxy) is 1. The maximum absolute atomic E-state index is 5.77. The SMILES string of the molecule is CC(C)C(C)NC(=NCC1CCCCO1)NCCc1ccco1. The molecular weight excluding hydrogens is 290 g/mol. The second-order valence-electron chi connectivity index (χ2n) is 6.61. The Bertz CT molecular complexity index is 451. The number of hydrogen-bond donors (Lipinski definition) is 2. The zero-order valence-electron chi connectivity index (χ0n) is 14.7.